The van der Waals surface area contributed by atoms with Gasteiger partial charge in [-0.25, -0.2) is 0 Å². The lowest BCUT2D eigenvalue weighted by Crippen LogP contribution is -2.64. The molecule has 0 aromatic carbocycles. The van der Waals surface area contributed by atoms with E-state index in [9.17, 15) is 0 Å². The van der Waals surface area contributed by atoms with Gasteiger partial charge in [-0.2, -0.15) is 70.2 Å². The van der Waals surface area contributed by atoms with Crippen LogP contribution in [0.25, 0.3) is 0 Å². The summed E-state index contributed by atoms with van der Waals surface area (Å²) in [6.07, 6.45) is 40.9. The number of anilines is 9. The molecular formula is C115H225N23O5. The quantitative estimate of drug-likeness (QED) is 0.0380. The number of unbranched alkanes of at least 4 members (excludes halogenated alkanes) is 15. The van der Waals surface area contributed by atoms with Crippen molar-refractivity contribution in [3.05, 3.63) is 0 Å². The van der Waals surface area contributed by atoms with Gasteiger partial charge in [0.1, 0.15) is 0 Å². The average Bonchev–Trinajstić information content (AvgIpc) is 0.762. The fraction of sp³-hybridized carbons (Fsp3) is 0.922. The second-order valence-electron chi connectivity index (χ2n) is 47.9. The van der Waals surface area contributed by atoms with Crippen molar-refractivity contribution < 1.29 is 24.2 Å². The van der Waals surface area contributed by atoms with Gasteiger partial charge in [0.05, 0.1) is 33.0 Å². The van der Waals surface area contributed by atoms with Crippen LogP contribution in [0.15, 0.2) is 0 Å². The van der Waals surface area contributed by atoms with Crippen molar-refractivity contribution in [3.8, 4) is 0 Å². The van der Waals surface area contributed by atoms with Crippen molar-refractivity contribution in [3.63, 3.8) is 0 Å². The van der Waals surface area contributed by atoms with Crippen LogP contribution in [0.3, 0.4) is 0 Å². The minimum Gasteiger partial charge on any atom is -0.341 e. The zero-order valence-electron chi connectivity index (χ0n) is 99.4. The van der Waals surface area contributed by atoms with Gasteiger partial charge in [-0.3, -0.25) is 24.2 Å². The molecule has 2 atom stereocenters. The maximum absolute atomic E-state index is 6.84. The Morgan fingerprint density at radius 2 is 0.448 bits per heavy atom. The van der Waals surface area contributed by atoms with Gasteiger partial charge >= 0.3 is 0 Å². The Kier molecular flexibility index (Phi) is 55.9. The highest BCUT2D eigenvalue weighted by atomic mass is 16.7. The summed E-state index contributed by atoms with van der Waals surface area (Å²) in [5, 5.41) is 11.3. The van der Waals surface area contributed by atoms with Crippen LogP contribution in [0, 0.1) is 0 Å². The van der Waals surface area contributed by atoms with Gasteiger partial charge in [-0.1, -0.05) is 194 Å². The van der Waals surface area contributed by atoms with Crippen LogP contribution in [0.1, 0.15) is 485 Å². The zero-order valence-corrected chi connectivity index (χ0v) is 99.4. The van der Waals surface area contributed by atoms with Crippen LogP contribution < -0.4 is 44.1 Å². The number of piperidine rings is 3. The van der Waals surface area contributed by atoms with Crippen molar-refractivity contribution >= 4 is 53.5 Å². The molecule has 6 heterocycles. The van der Waals surface area contributed by atoms with Crippen molar-refractivity contribution in [2.75, 3.05) is 176 Å². The lowest BCUT2D eigenvalue weighted by molar-refractivity contribution is -0.282. The summed E-state index contributed by atoms with van der Waals surface area (Å²) in [6.45, 7) is 89.5. The Morgan fingerprint density at radius 3 is 0.664 bits per heavy atom. The third-order valence-electron chi connectivity index (χ3n) is 30.6. The molecule has 0 saturated carbocycles. The summed E-state index contributed by atoms with van der Waals surface area (Å²) in [6, 6.07) is 0.448. The second kappa shape index (κ2) is 63.2. The van der Waals surface area contributed by atoms with Crippen molar-refractivity contribution in [2.45, 2.75) is 559 Å². The molecular weight excluding hydrogens is 1780 g/mol. The van der Waals surface area contributed by atoms with Gasteiger partial charge in [0.25, 0.3) is 0 Å². The van der Waals surface area contributed by atoms with Crippen LogP contribution in [-0.4, -0.2) is 277 Å². The van der Waals surface area contributed by atoms with Crippen LogP contribution in [0.2, 0.25) is 0 Å². The molecule has 143 heavy (non-hydrogen) atoms. The third-order valence-corrected chi connectivity index (χ3v) is 30.6. The van der Waals surface area contributed by atoms with E-state index in [1.165, 1.54) is 0 Å². The molecule has 28 heteroatoms. The van der Waals surface area contributed by atoms with Crippen LogP contribution >= 0.6 is 0 Å². The maximum atomic E-state index is 6.84. The summed E-state index contributed by atoms with van der Waals surface area (Å²) in [5.41, 5.74) is -2.38. The number of hydroxylamine groups is 10. The molecule has 3 saturated heterocycles. The van der Waals surface area contributed by atoms with Gasteiger partial charge in [0, 0.05) is 174 Å². The third kappa shape index (κ3) is 38.9. The van der Waals surface area contributed by atoms with E-state index < -0.39 is 0 Å². The first kappa shape index (κ1) is 126. The summed E-state index contributed by atoms with van der Waals surface area (Å²) in [7, 11) is 4.29. The number of nitrogens with zero attached hydrogens (tertiary/aromatic N) is 23. The average molecular weight is 2010 g/mol. The smallest absolute Gasteiger partial charge is 0.232 e. The molecule has 3 fully saturated rings. The molecule has 0 radical (unpaired) electrons. The monoisotopic (exact) mass is 2010 g/mol. The lowest BCUT2D eigenvalue weighted by atomic mass is 9.78. The summed E-state index contributed by atoms with van der Waals surface area (Å²) >= 11 is 0. The van der Waals surface area contributed by atoms with E-state index in [2.05, 4.69) is 305 Å². The zero-order chi connectivity index (χ0) is 106. The van der Waals surface area contributed by atoms with E-state index in [0.29, 0.717) is 33.0 Å². The molecule has 0 bridgehead atoms. The van der Waals surface area contributed by atoms with Crippen molar-refractivity contribution in [2.24, 2.45) is 0 Å². The maximum Gasteiger partial charge on any atom is 0.232 e. The van der Waals surface area contributed by atoms with E-state index >= 15 is 0 Å². The Hall–Kier alpha value is -5.17. The van der Waals surface area contributed by atoms with Gasteiger partial charge in [-0.05, 0) is 291 Å². The molecule has 0 N–H and O–H groups in total. The Balaban J connectivity index is 1.60. The van der Waals surface area contributed by atoms with Crippen molar-refractivity contribution in [1.29, 1.82) is 0 Å². The highest BCUT2D eigenvalue weighted by Crippen LogP contribution is 2.47. The number of hydrogen-bond donors (Lipinski definition) is 0. The first-order valence-electron chi connectivity index (χ1n) is 59.2. The number of hydrogen-bond acceptors (Lipinski definition) is 28. The minimum absolute atomic E-state index is 0.0296. The molecule has 3 aliphatic rings. The highest BCUT2D eigenvalue weighted by molar-refractivity contribution is 5.52. The molecule has 2 unspecified atom stereocenters. The molecule has 0 amide bonds. The van der Waals surface area contributed by atoms with E-state index in [-0.39, 0.29) is 74.5 Å². The summed E-state index contributed by atoms with van der Waals surface area (Å²) in [4.78, 5) is 109. The van der Waals surface area contributed by atoms with Gasteiger partial charge < -0.3 is 44.1 Å². The fourth-order valence-corrected chi connectivity index (χ4v) is 22.7. The molecule has 830 valence electrons. The number of rotatable bonds is 78. The number of aromatic nitrogens is 9. The molecule has 3 aromatic heterocycles. The standard InChI is InChI=1S/C115H225N23O5/c1-35-51-68-127(69-52-36-2)99-116-100(128(70-53-37-3)71-54-38-4)119-103(118-99)134(97-90-112(25,26)137(142-84-47-13)113(27,28)91-97)79-66-62-60-64-77-131(94(49-15)86-108(17,18)125(33)139-81-44-10)105-122-106(124-107(123-105)133(76-59-43-9)96-88-110(21,22)136(141-83-46-12)111(23,24)89-96)132(95(50-16)87-109(19,20)126(34)140-82-45-11)78-65-61-63-67-80-135(98-92-114(29,30)138(143-85-48-14)115(31,32)93-98)104-120-101(129(72-55-39-5)73-56-40-6)117-102(121-104)130(74-57-41-7)75-58-42-8/h94-98H,35-93H2,1-34H3. The normalized spacial score (nSPS) is 17.5. The highest BCUT2D eigenvalue weighted by Gasteiger charge is 2.53. The summed E-state index contributed by atoms with van der Waals surface area (Å²) in [5.74, 6) is 7.24. The van der Waals surface area contributed by atoms with E-state index in [0.717, 1.165) is 402 Å². The molecule has 28 nitrogen and oxygen atoms in total. The van der Waals surface area contributed by atoms with Gasteiger partial charge in [0.2, 0.25) is 53.5 Å². The lowest BCUT2D eigenvalue weighted by Gasteiger charge is -2.55. The topological polar surface area (TPSA) is 208 Å². The largest absolute Gasteiger partial charge is 0.341 e. The molecule has 3 aliphatic heterocycles. The Morgan fingerprint density at radius 1 is 0.252 bits per heavy atom. The van der Waals surface area contributed by atoms with Crippen LogP contribution in [0.5, 0.6) is 0 Å². The van der Waals surface area contributed by atoms with Gasteiger partial charge in [0.15, 0.2) is 0 Å². The Labute approximate surface area is 878 Å². The molecule has 6 rings (SSSR count). The Bertz CT molecular complexity index is 3520. The van der Waals surface area contributed by atoms with Crippen molar-refractivity contribution in [1.82, 2.24) is 70.2 Å². The SMILES string of the molecule is CCCCN(CCCC)c1nc(N(CCCC)CCCC)nc(N(CCCCCCN(c2nc(N(CCCCCCN(c3nc(N(CCCC)CCCC)nc(N(CCCC)CCCC)n3)C3CC(C)(C)N(OCCC)C(C)(C)C3)C(CC)CC(C)(C)N(C)OCCC)nc(N(CCCC)C3CC(C)(C)N(OCCC)C(C)(C)C3)n2)C(CC)CC(C)(C)N(C)OCCC)C2CC(C)(C)N(OCCC)C(C)(C)C2)n1. The fourth-order valence-electron chi connectivity index (χ4n) is 22.7. The van der Waals surface area contributed by atoms with E-state index in [1.54, 1.807) is 0 Å². The molecule has 0 spiro atoms. The molecule has 3 aromatic rings. The minimum atomic E-state index is -0.358. The second-order valence-corrected chi connectivity index (χ2v) is 47.9. The first-order valence-corrected chi connectivity index (χ1v) is 59.2. The predicted molar refractivity (Wildman–Crippen MR) is 608 cm³/mol. The molecule has 0 aliphatic carbocycles. The first-order chi connectivity index (χ1) is 68.1. The van der Waals surface area contributed by atoms with E-state index in [1.807, 2.05) is 0 Å². The summed E-state index contributed by atoms with van der Waals surface area (Å²) < 4.78 is 0. The van der Waals surface area contributed by atoms with E-state index in [4.69, 9.17) is 69.0 Å². The predicted octanol–water partition coefficient (Wildman–Crippen LogP) is 26.8. The van der Waals surface area contributed by atoms with Crippen LogP contribution in [0.4, 0.5) is 53.5 Å². The van der Waals surface area contributed by atoms with Crippen LogP contribution in [-0.2, 0) is 24.2 Å². The van der Waals surface area contributed by atoms with Gasteiger partial charge in [-0.15, -0.1) is 0 Å².